The maximum Gasteiger partial charge on any atom is 0.174 e. The molecule has 4 saturated carbocycles. The smallest absolute Gasteiger partial charge is 0.174 e. The molecule has 1 aliphatic heterocycles. The highest BCUT2D eigenvalue weighted by molar-refractivity contribution is 5.10. The summed E-state index contributed by atoms with van der Waals surface area (Å²) in [5.41, 5.74) is 6.53. The number of nitrogens with two attached hydrogens (primary N) is 1. The van der Waals surface area contributed by atoms with Crippen LogP contribution in [0.25, 0.3) is 0 Å². The predicted octanol–water partition coefficient (Wildman–Crippen LogP) is 3.71. The number of hydrogen-bond donors (Lipinski definition) is 1. The van der Waals surface area contributed by atoms with Crippen molar-refractivity contribution in [2.75, 3.05) is 13.2 Å². The molecule has 23 heavy (non-hydrogen) atoms. The van der Waals surface area contributed by atoms with Crippen molar-refractivity contribution in [2.24, 2.45) is 40.7 Å². The third-order valence-corrected chi connectivity index (χ3v) is 8.79. The van der Waals surface area contributed by atoms with Gasteiger partial charge < -0.3 is 15.2 Å². The van der Waals surface area contributed by atoms with E-state index in [1.54, 1.807) is 0 Å². The summed E-state index contributed by atoms with van der Waals surface area (Å²) in [6.45, 7) is 4.10. The minimum Gasteiger partial charge on any atom is -0.347 e. The van der Waals surface area contributed by atoms with Crippen LogP contribution in [0.3, 0.4) is 0 Å². The van der Waals surface area contributed by atoms with E-state index < -0.39 is 0 Å². The van der Waals surface area contributed by atoms with Gasteiger partial charge in [0.2, 0.25) is 0 Å². The van der Waals surface area contributed by atoms with Crippen molar-refractivity contribution in [3.05, 3.63) is 0 Å². The van der Waals surface area contributed by atoms with E-state index in [0.29, 0.717) is 6.04 Å². The number of rotatable bonds is 0. The zero-order valence-corrected chi connectivity index (χ0v) is 14.6. The third kappa shape index (κ3) is 1.99. The van der Waals surface area contributed by atoms with E-state index in [1.807, 2.05) is 0 Å². The number of ether oxygens (including phenoxy) is 2. The van der Waals surface area contributed by atoms with Crippen LogP contribution in [-0.4, -0.2) is 25.0 Å². The van der Waals surface area contributed by atoms with E-state index in [2.05, 4.69) is 6.92 Å². The SMILES string of the molecule is C[C@]12CC[C@H]3[C@@H](CC[C@H]4C[C@@H](N)CC[C@@H]43)[C@@H]1CCC21OCCO1. The van der Waals surface area contributed by atoms with Crippen LogP contribution in [0.4, 0.5) is 0 Å². The van der Waals surface area contributed by atoms with Crippen LogP contribution < -0.4 is 5.73 Å². The zero-order chi connectivity index (χ0) is 15.7. The van der Waals surface area contributed by atoms with Crippen LogP contribution in [-0.2, 0) is 9.47 Å². The van der Waals surface area contributed by atoms with Gasteiger partial charge >= 0.3 is 0 Å². The van der Waals surface area contributed by atoms with Crippen molar-refractivity contribution < 1.29 is 9.47 Å². The van der Waals surface area contributed by atoms with Crippen LogP contribution >= 0.6 is 0 Å². The molecule has 3 heteroatoms. The quantitative estimate of drug-likeness (QED) is 0.740. The Labute approximate surface area is 140 Å². The molecule has 130 valence electrons. The molecule has 5 aliphatic rings. The number of fused-ring (bicyclic) bond motifs is 6. The molecule has 0 amide bonds. The van der Waals surface area contributed by atoms with Gasteiger partial charge in [-0.15, -0.1) is 0 Å². The second-order valence-corrected chi connectivity index (χ2v) is 9.45. The van der Waals surface area contributed by atoms with Gasteiger partial charge in [-0.1, -0.05) is 6.92 Å². The van der Waals surface area contributed by atoms with Gasteiger partial charge in [-0.3, -0.25) is 0 Å². The second kappa shape index (κ2) is 5.19. The Morgan fingerprint density at radius 3 is 2.43 bits per heavy atom. The number of hydrogen-bond acceptors (Lipinski definition) is 3. The molecule has 0 aromatic heterocycles. The summed E-state index contributed by atoms with van der Waals surface area (Å²) in [6.07, 6.45) is 12.0. The van der Waals surface area contributed by atoms with E-state index in [-0.39, 0.29) is 11.2 Å². The highest BCUT2D eigenvalue weighted by Gasteiger charge is 2.65. The lowest BCUT2D eigenvalue weighted by molar-refractivity contribution is -0.243. The van der Waals surface area contributed by atoms with Gasteiger partial charge in [-0.2, -0.15) is 0 Å². The van der Waals surface area contributed by atoms with Crippen LogP contribution in [0.1, 0.15) is 64.7 Å². The van der Waals surface area contributed by atoms with E-state index >= 15 is 0 Å². The van der Waals surface area contributed by atoms with Crippen LogP contribution in [0.15, 0.2) is 0 Å². The van der Waals surface area contributed by atoms with Crippen molar-refractivity contribution >= 4 is 0 Å². The van der Waals surface area contributed by atoms with Crippen LogP contribution in [0.5, 0.6) is 0 Å². The zero-order valence-electron chi connectivity index (χ0n) is 14.6. The average Bonchev–Trinajstić information content (AvgIpc) is 3.14. The van der Waals surface area contributed by atoms with Gasteiger partial charge in [0.1, 0.15) is 0 Å². The maximum absolute atomic E-state index is 6.26. The largest absolute Gasteiger partial charge is 0.347 e. The van der Waals surface area contributed by atoms with Gasteiger partial charge in [-0.25, -0.2) is 0 Å². The van der Waals surface area contributed by atoms with Crippen molar-refractivity contribution in [2.45, 2.75) is 76.5 Å². The molecule has 2 N–H and O–H groups in total. The topological polar surface area (TPSA) is 44.5 Å². The van der Waals surface area contributed by atoms with Crippen molar-refractivity contribution in [1.29, 1.82) is 0 Å². The summed E-state index contributed by atoms with van der Waals surface area (Å²) < 4.78 is 12.5. The van der Waals surface area contributed by atoms with Crippen LogP contribution in [0, 0.1) is 35.0 Å². The molecule has 3 nitrogen and oxygen atoms in total. The fraction of sp³-hybridized carbons (Fsp3) is 1.00. The fourth-order valence-corrected chi connectivity index (χ4v) is 7.78. The van der Waals surface area contributed by atoms with E-state index in [0.717, 1.165) is 49.2 Å². The van der Waals surface area contributed by atoms with E-state index in [4.69, 9.17) is 15.2 Å². The molecule has 5 fully saturated rings. The van der Waals surface area contributed by atoms with Gasteiger partial charge in [0.15, 0.2) is 5.79 Å². The first-order valence-corrected chi connectivity index (χ1v) is 10.2. The molecule has 0 unspecified atom stereocenters. The average molecular weight is 319 g/mol. The monoisotopic (exact) mass is 319 g/mol. The summed E-state index contributed by atoms with van der Waals surface area (Å²) in [5, 5.41) is 0. The lowest BCUT2D eigenvalue weighted by Gasteiger charge is -2.57. The molecule has 1 saturated heterocycles. The standard InChI is InChI=1S/C20H33NO2/c1-19-8-6-16-15-5-3-14(21)12-13(15)2-4-17(16)18(19)7-9-20(19)22-10-11-23-20/h13-18H,2-12,21H2,1H3/t13-,14-,15-,16+,17+,18-,19-/m0/s1. The highest BCUT2D eigenvalue weighted by atomic mass is 16.7. The van der Waals surface area contributed by atoms with E-state index in [1.165, 1.54) is 51.4 Å². The summed E-state index contributed by atoms with van der Waals surface area (Å²) >= 11 is 0. The van der Waals surface area contributed by atoms with E-state index in [9.17, 15) is 0 Å². The summed E-state index contributed by atoms with van der Waals surface area (Å²) in [6, 6.07) is 0.483. The Morgan fingerprint density at radius 2 is 1.61 bits per heavy atom. The maximum atomic E-state index is 6.26. The lowest BCUT2D eigenvalue weighted by atomic mass is 9.50. The molecule has 0 radical (unpaired) electrons. The highest BCUT2D eigenvalue weighted by Crippen LogP contribution is 2.66. The summed E-state index contributed by atoms with van der Waals surface area (Å²) in [4.78, 5) is 0. The predicted molar refractivity (Wildman–Crippen MR) is 89.7 cm³/mol. The molecule has 7 atom stereocenters. The van der Waals surface area contributed by atoms with Crippen molar-refractivity contribution in [3.8, 4) is 0 Å². The Kier molecular flexibility index (Phi) is 3.42. The van der Waals surface area contributed by atoms with Crippen molar-refractivity contribution in [1.82, 2.24) is 0 Å². The molecule has 1 heterocycles. The molecule has 4 aliphatic carbocycles. The normalized spacial score (nSPS) is 54.5. The minimum absolute atomic E-state index is 0.228. The molecule has 5 rings (SSSR count). The second-order valence-electron chi connectivity index (χ2n) is 9.45. The Balaban J connectivity index is 1.41. The molecule has 1 spiro atoms. The first-order chi connectivity index (χ1) is 11.1. The van der Waals surface area contributed by atoms with Crippen molar-refractivity contribution in [3.63, 3.8) is 0 Å². The molecular formula is C20H33NO2. The first-order valence-electron chi connectivity index (χ1n) is 10.2. The fourth-order valence-electron chi connectivity index (χ4n) is 7.78. The van der Waals surface area contributed by atoms with Gasteiger partial charge in [0.05, 0.1) is 13.2 Å². The Hall–Kier alpha value is -0.120. The molecular weight excluding hydrogens is 286 g/mol. The lowest BCUT2D eigenvalue weighted by Crippen LogP contribution is -2.54. The molecule has 0 bridgehead atoms. The van der Waals surface area contributed by atoms with Gasteiger partial charge in [-0.05, 0) is 81.0 Å². The Morgan fingerprint density at radius 1 is 0.826 bits per heavy atom. The summed E-state index contributed by atoms with van der Waals surface area (Å²) in [7, 11) is 0. The summed E-state index contributed by atoms with van der Waals surface area (Å²) in [5.74, 6) is 4.40. The first kappa shape index (κ1) is 15.2. The van der Waals surface area contributed by atoms with Gasteiger partial charge in [0, 0.05) is 17.9 Å². The Bertz CT molecular complexity index is 474. The van der Waals surface area contributed by atoms with Gasteiger partial charge in [0.25, 0.3) is 0 Å². The third-order valence-electron chi connectivity index (χ3n) is 8.79. The minimum atomic E-state index is -0.228. The molecule has 0 aromatic rings. The van der Waals surface area contributed by atoms with Crippen LogP contribution in [0.2, 0.25) is 0 Å². The molecule has 0 aromatic carbocycles.